The van der Waals surface area contributed by atoms with Crippen molar-refractivity contribution in [3.05, 3.63) is 16.1 Å². The van der Waals surface area contributed by atoms with E-state index in [1.54, 1.807) is 13.1 Å². The molecule has 0 saturated carbocycles. The van der Waals surface area contributed by atoms with Crippen LogP contribution < -0.4 is 5.32 Å². The average molecular weight is 312 g/mol. The molecule has 1 N–H and O–H groups in total. The van der Waals surface area contributed by atoms with Crippen molar-refractivity contribution in [3.63, 3.8) is 0 Å². The third-order valence-electron chi connectivity index (χ3n) is 3.02. The van der Waals surface area contributed by atoms with Gasteiger partial charge in [0, 0.05) is 11.1 Å². The zero-order valence-electron chi connectivity index (χ0n) is 13.5. The van der Waals surface area contributed by atoms with Gasteiger partial charge in [0.25, 0.3) is 0 Å². The first-order valence-corrected chi connectivity index (χ1v) is 7.87. The summed E-state index contributed by atoms with van der Waals surface area (Å²) in [5.41, 5.74) is -0.505. The molecule has 0 bridgehead atoms. The number of nitrogens with zero attached hydrogens (tertiary/aromatic N) is 1. The van der Waals surface area contributed by atoms with E-state index < -0.39 is 17.3 Å². The Bertz CT molecular complexity index is 505. The number of rotatable bonds is 5. The zero-order chi connectivity index (χ0) is 16.2. The Labute approximate surface area is 130 Å². The first-order chi connectivity index (χ1) is 9.66. The van der Waals surface area contributed by atoms with Crippen molar-refractivity contribution in [2.45, 2.75) is 47.6 Å². The van der Waals surface area contributed by atoms with E-state index in [9.17, 15) is 9.59 Å². The lowest BCUT2D eigenvalue weighted by molar-refractivity contribution is -0.156. The summed E-state index contributed by atoms with van der Waals surface area (Å²) in [4.78, 5) is 29.9. The van der Waals surface area contributed by atoms with E-state index in [1.807, 2.05) is 34.6 Å². The summed E-state index contributed by atoms with van der Waals surface area (Å²) in [6.07, 6.45) is 1.77. The molecule has 0 aromatic carbocycles. The molecule has 0 aliphatic heterocycles. The summed E-state index contributed by atoms with van der Waals surface area (Å²) >= 11 is 1.53. The highest BCUT2D eigenvalue weighted by Crippen LogP contribution is 2.28. The SMILES string of the molecule is CCOC(=O)C(C(=O)NC(C)c1ncc(C)s1)C(C)(C)C. The number of carbonyl (C=O) groups excluding carboxylic acids is 2. The predicted molar refractivity (Wildman–Crippen MR) is 83.0 cm³/mol. The molecule has 0 saturated heterocycles. The number of hydrogen-bond acceptors (Lipinski definition) is 5. The summed E-state index contributed by atoms with van der Waals surface area (Å²) in [5, 5.41) is 3.69. The number of carbonyl (C=O) groups is 2. The lowest BCUT2D eigenvalue weighted by atomic mass is 9.80. The van der Waals surface area contributed by atoms with E-state index in [4.69, 9.17) is 4.74 Å². The zero-order valence-corrected chi connectivity index (χ0v) is 14.3. The van der Waals surface area contributed by atoms with Crippen molar-refractivity contribution in [1.29, 1.82) is 0 Å². The second-order valence-corrected chi connectivity index (χ2v) is 7.36. The molecule has 0 aliphatic carbocycles. The van der Waals surface area contributed by atoms with Crippen LogP contribution in [-0.4, -0.2) is 23.5 Å². The summed E-state index contributed by atoms with van der Waals surface area (Å²) in [6.45, 7) is 11.4. The molecule has 2 atom stereocenters. The third kappa shape index (κ3) is 4.81. The number of ether oxygens (including phenoxy) is 1. The molecule has 0 radical (unpaired) electrons. The van der Waals surface area contributed by atoms with Crippen molar-refractivity contribution in [2.75, 3.05) is 6.61 Å². The van der Waals surface area contributed by atoms with Crippen LogP contribution in [0.4, 0.5) is 0 Å². The molecule has 0 spiro atoms. The molecule has 0 aliphatic rings. The number of amides is 1. The van der Waals surface area contributed by atoms with Crippen LogP contribution in [0.15, 0.2) is 6.20 Å². The van der Waals surface area contributed by atoms with Gasteiger partial charge in [-0.1, -0.05) is 20.8 Å². The smallest absolute Gasteiger partial charge is 0.319 e. The van der Waals surface area contributed by atoms with Crippen molar-refractivity contribution < 1.29 is 14.3 Å². The molecule has 1 heterocycles. The number of thiazole rings is 1. The maximum absolute atomic E-state index is 12.5. The van der Waals surface area contributed by atoms with Gasteiger partial charge in [0.2, 0.25) is 5.91 Å². The summed E-state index contributed by atoms with van der Waals surface area (Å²) in [5.74, 6) is -1.63. The highest BCUT2D eigenvalue weighted by atomic mass is 32.1. The Hall–Kier alpha value is -1.43. The van der Waals surface area contributed by atoms with E-state index in [0.717, 1.165) is 9.88 Å². The van der Waals surface area contributed by atoms with Gasteiger partial charge in [-0.05, 0) is 26.2 Å². The molecule has 2 unspecified atom stereocenters. The van der Waals surface area contributed by atoms with E-state index in [1.165, 1.54) is 11.3 Å². The van der Waals surface area contributed by atoms with Crippen molar-refractivity contribution in [2.24, 2.45) is 11.3 Å². The van der Waals surface area contributed by atoms with Crippen LogP contribution in [0, 0.1) is 18.3 Å². The summed E-state index contributed by atoms with van der Waals surface area (Å²) in [6, 6.07) is -0.226. The molecule has 1 aromatic rings. The quantitative estimate of drug-likeness (QED) is 0.670. The molecule has 6 heteroatoms. The highest BCUT2D eigenvalue weighted by molar-refractivity contribution is 7.11. The van der Waals surface area contributed by atoms with Gasteiger partial charge in [0.15, 0.2) is 0 Å². The minimum absolute atomic E-state index is 0.226. The first-order valence-electron chi connectivity index (χ1n) is 7.06. The van der Waals surface area contributed by atoms with Gasteiger partial charge in [0.05, 0.1) is 12.6 Å². The molecule has 0 fully saturated rings. The minimum atomic E-state index is -0.832. The number of nitrogens with one attached hydrogen (secondary N) is 1. The van der Waals surface area contributed by atoms with Crippen LogP contribution in [-0.2, 0) is 14.3 Å². The molecule has 5 nitrogen and oxygen atoms in total. The van der Waals surface area contributed by atoms with Gasteiger partial charge >= 0.3 is 5.97 Å². The van der Waals surface area contributed by atoms with E-state index in [2.05, 4.69) is 10.3 Å². The Kier molecular flexibility index (Phi) is 5.89. The minimum Gasteiger partial charge on any atom is -0.465 e. The van der Waals surface area contributed by atoms with Gasteiger partial charge in [0.1, 0.15) is 10.9 Å². The van der Waals surface area contributed by atoms with Gasteiger partial charge in [-0.25, -0.2) is 4.98 Å². The van der Waals surface area contributed by atoms with Crippen LogP contribution in [0.25, 0.3) is 0 Å². The molecule has 1 rings (SSSR count). The van der Waals surface area contributed by atoms with Gasteiger partial charge in [-0.15, -0.1) is 11.3 Å². The maximum atomic E-state index is 12.5. The molecular weight excluding hydrogens is 288 g/mol. The number of esters is 1. The summed E-state index contributed by atoms with van der Waals surface area (Å²) < 4.78 is 5.03. The lowest BCUT2D eigenvalue weighted by Crippen LogP contribution is -2.44. The Morgan fingerprint density at radius 2 is 2.05 bits per heavy atom. The fraction of sp³-hybridized carbons (Fsp3) is 0.667. The molecule has 1 amide bonds. The van der Waals surface area contributed by atoms with Crippen LogP contribution in [0.1, 0.15) is 50.5 Å². The van der Waals surface area contributed by atoms with Crippen LogP contribution in [0.3, 0.4) is 0 Å². The number of hydrogen-bond donors (Lipinski definition) is 1. The largest absolute Gasteiger partial charge is 0.465 e. The Balaban J connectivity index is 2.84. The van der Waals surface area contributed by atoms with Crippen molar-refractivity contribution in [1.82, 2.24) is 10.3 Å². The molecular formula is C15H24N2O3S. The lowest BCUT2D eigenvalue weighted by Gasteiger charge is -2.28. The van der Waals surface area contributed by atoms with E-state index >= 15 is 0 Å². The van der Waals surface area contributed by atoms with Gasteiger partial charge < -0.3 is 10.1 Å². The van der Waals surface area contributed by atoms with Crippen molar-refractivity contribution in [3.8, 4) is 0 Å². The standard InChI is InChI=1S/C15H24N2O3S/c1-7-20-14(19)11(15(4,5)6)12(18)17-10(3)13-16-8-9(2)21-13/h8,10-11H,7H2,1-6H3,(H,17,18). The van der Waals surface area contributed by atoms with Crippen LogP contribution >= 0.6 is 11.3 Å². The number of aryl methyl sites for hydroxylation is 1. The fourth-order valence-corrected chi connectivity index (χ4v) is 2.79. The fourth-order valence-electron chi connectivity index (χ4n) is 2.01. The summed E-state index contributed by atoms with van der Waals surface area (Å²) in [7, 11) is 0. The Morgan fingerprint density at radius 3 is 2.48 bits per heavy atom. The topological polar surface area (TPSA) is 68.3 Å². The molecule has 1 aromatic heterocycles. The highest BCUT2D eigenvalue weighted by Gasteiger charge is 2.39. The second kappa shape index (κ2) is 7.02. The van der Waals surface area contributed by atoms with Crippen LogP contribution in [0.5, 0.6) is 0 Å². The maximum Gasteiger partial charge on any atom is 0.319 e. The van der Waals surface area contributed by atoms with Crippen molar-refractivity contribution >= 4 is 23.2 Å². The van der Waals surface area contributed by atoms with E-state index in [0.29, 0.717) is 0 Å². The van der Waals surface area contributed by atoms with Gasteiger partial charge in [-0.2, -0.15) is 0 Å². The second-order valence-electron chi connectivity index (χ2n) is 6.09. The normalized spacial score (nSPS) is 14.4. The van der Waals surface area contributed by atoms with E-state index in [-0.39, 0.29) is 18.6 Å². The predicted octanol–water partition coefficient (Wildman–Crippen LogP) is 2.85. The third-order valence-corrected chi connectivity index (χ3v) is 4.11. The van der Waals surface area contributed by atoms with Crippen LogP contribution in [0.2, 0.25) is 0 Å². The first kappa shape index (κ1) is 17.6. The Morgan fingerprint density at radius 1 is 1.43 bits per heavy atom. The van der Waals surface area contributed by atoms with Gasteiger partial charge in [-0.3, -0.25) is 9.59 Å². The monoisotopic (exact) mass is 312 g/mol. The molecule has 21 heavy (non-hydrogen) atoms. The average Bonchev–Trinajstić information content (AvgIpc) is 2.74. The molecule has 118 valence electrons. The number of aromatic nitrogens is 1.